The summed E-state index contributed by atoms with van der Waals surface area (Å²) in [6.07, 6.45) is 2.33. The molecule has 3 nitrogen and oxygen atoms in total. The van der Waals surface area contributed by atoms with Crippen LogP contribution < -0.4 is 5.73 Å². The first-order chi connectivity index (χ1) is 9.13. The van der Waals surface area contributed by atoms with Crippen molar-refractivity contribution in [2.75, 3.05) is 20.2 Å². The Labute approximate surface area is 126 Å². The maximum atomic E-state index is 13.3. The molecule has 1 saturated heterocycles. The van der Waals surface area contributed by atoms with E-state index >= 15 is 0 Å². The minimum Gasteiger partial charge on any atom is -0.381 e. The summed E-state index contributed by atoms with van der Waals surface area (Å²) in [4.78, 5) is 2.38. The molecule has 1 aromatic rings. The summed E-state index contributed by atoms with van der Waals surface area (Å²) >= 11 is 0. The zero-order chi connectivity index (χ0) is 13.8. The second kappa shape index (κ2) is 7.93. The van der Waals surface area contributed by atoms with E-state index in [2.05, 4.69) is 4.90 Å². The number of halogens is 2. The molecule has 20 heavy (non-hydrogen) atoms. The average Bonchev–Trinajstić information content (AvgIpc) is 2.43. The van der Waals surface area contributed by atoms with Gasteiger partial charge in [-0.05, 0) is 37.0 Å². The van der Waals surface area contributed by atoms with Crippen LogP contribution in [0.4, 0.5) is 4.39 Å². The van der Waals surface area contributed by atoms with E-state index in [-0.39, 0.29) is 18.2 Å². The first-order valence-electron chi connectivity index (χ1n) is 6.86. The van der Waals surface area contributed by atoms with Gasteiger partial charge in [0, 0.05) is 32.8 Å². The van der Waals surface area contributed by atoms with Gasteiger partial charge in [-0.3, -0.25) is 4.90 Å². The number of hydrogen-bond acceptors (Lipinski definition) is 3. The number of hydrogen-bond donors (Lipinski definition) is 1. The molecule has 1 heterocycles. The maximum absolute atomic E-state index is 13.3. The molecule has 2 N–H and O–H groups in total. The van der Waals surface area contributed by atoms with E-state index in [9.17, 15) is 4.39 Å². The first-order valence-corrected chi connectivity index (χ1v) is 6.86. The van der Waals surface area contributed by atoms with Crippen LogP contribution in [0.2, 0.25) is 0 Å². The third-order valence-electron chi connectivity index (χ3n) is 4.00. The molecule has 0 aliphatic carbocycles. The van der Waals surface area contributed by atoms with E-state index in [1.54, 1.807) is 20.1 Å². The summed E-state index contributed by atoms with van der Waals surface area (Å²) < 4.78 is 18.7. The normalized spacial score (nSPS) is 23.4. The molecule has 114 valence electrons. The molecule has 1 fully saturated rings. The van der Waals surface area contributed by atoms with Crippen LogP contribution in [0.1, 0.15) is 24.0 Å². The number of aryl methyl sites for hydroxylation is 1. The van der Waals surface area contributed by atoms with Crippen LogP contribution >= 0.6 is 12.4 Å². The Morgan fingerprint density at radius 3 is 2.80 bits per heavy atom. The van der Waals surface area contributed by atoms with Crippen LogP contribution in [-0.4, -0.2) is 37.2 Å². The standard InChI is InChI=1S/C15H23FN2O.ClH/c1-11-7-12(3-4-15(11)16)10-18-6-5-14(19-2)8-13(18)9-17;/h3-4,7,13-14H,5-6,8-10,17H2,1-2H3;1H. The SMILES string of the molecule is COC1CCN(Cc2ccc(F)c(C)c2)C(CN)C1.Cl. The fourth-order valence-electron chi connectivity index (χ4n) is 2.77. The predicted octanol–water partition coefficient (Wildman–Crippen LogP) is 2.49. The summed E-state index contributed by atoms with van der Waals surface area (Å²) in [5.74, 6) is -0.141. The van der Waals surface area contributed by atoms with Gasteiger partial charge in [-0.15, -0.1) is 12.4 Å². The van der Waals surface area contributed by atoms with Crippen LogP contribution in [0, 0.1) is 12.7 Å². The molecule has 0 saturated carbocycles. The smallest absolute Gasteiger partial charge is 0.126 e. The van der Waals surface area contributed by atoms with Crippen LogP contribution in [-0.2, 0) is 11.3 Å². The van der Waals surface area contributed by atoms with E-state index in [0.717, 1.165) is 31.5 Å². The minimum absolute atomic E-state index is 0. The van der Waals surface area contributed by atoms with Gasteiger partial charge >= 0.3 is 0 Å². The zero-order valence-electron chi connectivity index (χ0n) is 12.1. The molecule has 5 heteroatoms. The number of nitrogens with zero attached hydrogens (tertiary/aromatic N) is 1. The van der Waals surface area contributed by atoms with Gasteiger partial charge in [0.25, 0.3) is 0 Å². The molecule has 1 aromatic carbocycles. The van der Waals surface area contributed by atoms with Crippen molar-refractivity contribution < 1.29 is 9.13 Å². The van der Waals surface area contributed by atoms with Crippen molar-refractivity contribution in [3.63, 3.8) is 0 Å². The number of rotatable bonds is 4. The van der Waals surface area contributed by atoms with Crippen molar-refractivity contribution in [3.05, 3.63) is 35.1 Å². The lowest BCUT2D eigenvalue weighted by Crippen LogP contribution is -2.47. The molecule has 1 aliphatic rings. The molecule has 1 aliphatic heterocycles. The quantitative estimate of drug-likeness (QED) is 0.929. The van der Waals surface area contributed by atoms with Gasteiger partial charge in [-0.2, -0.15) is 0 Å². The molecule has 0 amide bonds. The van der Waals surface area contributed by atoms with E-state index in [1.165, 1.54) is 0 Å². The van der Waals surface area contributed by atoms with Crippen molar-refractivity contribution in [2.45, 2.75) is 38.5 Å². The lowest BCUT2D eigenvalue weighted by atomic mass is 9.98. The minimum atomic E-state index is -0.141. The number of nitrogens with two attached hydrogens (primary N) is 1. The Bertz CT molecular complexity index is 430. The molecule has 0 radical (unpaired) electrons. The Morgan fingerprint density at radius 1 is 1.45 bits per heavy atom. The molecule has 0 spiro atoms. The van der Waals surface area contributed by atoms with Gasteiger partial charge in [-0.1, -0.05) is 12.1 Å². The van der Waals surface area contributed by atoms with Crippen molar-refractivity contribution in [2.24, 2.45) is 5.73 Å². The third-order valence-corrected chi connectivity index (χ3v) is 4.00. The van der Waals surface area contributed by atoms with Gasteiger partial charge in [0.05, 0.1) is 6.10 Å². The van der Waals surface area contributed by atoms with Crippen molar-refractivity contribution in [3.8, 4) is 0 Å². The summed E-state index contributed by atoms with van der Waals surface area (Å²) in [5.41, 5.74) is 7.71. The van der Waals surface area contributed by atoms with E-state index in [4.69, 9.17) is 10.5 Å². The predicted molar refractivity (Wildman–Crippen MR) is 81.7 cm³/mol. The second-order valence-corrected chi connectivity index (χ2v) is 5.33. The zero-order valence-corrected chi connectivity index (χ0v) is 13.0. The monoisotopic (exact) mass is 302 g/mol. The number of likely N-dealkylation sites (tertiary alicyclic amines) is 1. The summed E-state index contributed by atoms with van der Waals surface area (Å²) in [7, 11) is 1.76. The third kappa shape index (κ3) is 4.16. The maximum Gasteiger partial charge on any atom is 0.126 e. The topological polar surface area (TPSA) is 38.5 Å². The lowest BCUT2D eigenvalue weighted by Gasteiger charge is -2.38. The highest BCUT2D eigenvalue weighted by atomic mass is 35.5. The van der Waals surface area contributed by atoms with Crippen LogP contribution in [0.15, 0.2) is 18.2 Å². The Hall–Kier alpha value is -0.680. The first kappa shape index (κ1) is 17.4. The average molecular weight is 303 g/mol. The molecule has 0 bridgehead atoms. The Balaban J connectivity index is 0.00000200. The number of benzene rings is 1. The number of piperidine rings is 1. The lowest BCUT2D eigenvalue weighted by molar-refractivity contribution is 0.0102. The molecular formula is C15H24ClFN2O. The Kier molecular flexibility index (Phi) is 6.89. The number of methoxy groups -OCH3 is 1. The second-order valence-electron chi connectivity index (χ2n) is 5.33. The van der Waals surface area contributed by atoms with Gasteiger partial charge in [-0.25, -0.2) is 4.39 Å². The van der Waals surface area contributed by atoms with E-state index < -0.39 is 0 Å². The van der Waals surface area contributed by atoms with Crippen LogP contribution in [0.3, 0.4) is 0 Å². The van der Waals surface area contributed by atoms with Crippen molar-refractivity contribution in [1.82, 2.24) is 4.90 Å². The van der Waals surface area contributed by atoms with Gasteiger partial charge in [0.15, 0.2) is 0 Å². The van der Waals surface area contributed by atoms with Crippen molar-refractivity contribution >= 4 is 12.4 Å². The van der Waals surface area contributed by atoms with Gasteiger partial charge < -0.3 is 10.5 Å². The fourth-order valence-corrected chi connectivity index (χ4v) is 2.77. The fraction of sp³-hybridized carbons (Fsp3) is 0.600. The summed E-state index contributed by atoms with van der Waals surface area (Å²) in [5, 5.41) is 0. The van der Waals surface area contributed by atoms with Crippen molar-refractivity contribution in [1.29, 1.82) is 0 Å². The summed E-state index contributed by atoms with van der Waals surface area (Å²) in [6, 6.07) is 5.68. The number of ether oxygens (including phenoxy) is 1. The highest BCUT2D eigenvalue weighted by Crippen LogP contribution is 2.22. The van der Waals surface area contributed by atoms with Gasteiger partial charge in [0.2, 0.25) is 0 Å². The van der Waals surface area contributed by atoms with Gasteiger partial charge in [0.1, 0.15) is 5.82 Å². The highest BCUT2D eigenvalue weighted by molar-refractivity contribution is 5.85. The van der Waals surface area contributed by atoms with E-state index in [1.807, 2.05) is 12.1 Å². The molecule has 2 rings (SSSR count). The van der Waals surface area contributed by atoms with Crippen LogP contribution in [0.25, 0.3) is 0 Å². The molecule has 2 unspecified atom stereocenters. The van der Waals surface area contributed by atoms with E-state index in [0.29, 0.717) is 24.3 Å². The van der Waals surface area contributed by atoms with Crippen LogP contribution in [0.5, 0.6) is 0 Å². The molecule has 2 atom stereocenters. The highest BCUT2D eigenvalue weighted by Gasteiger charge is 2.27. The molecular weight excluding hydrogens is 279 g/mol. The largest absolute Gasteiger partial charge is 0.381 e. The Morgan fingerprint density at radius 2 is 2.20 bits per heavy atom. The summed E-state index contributed by atoms with van der Waals surface area (Å²) in [6.45, 7) is 4.26. The molecule has 0 aromatic heterocycles.